The van der Waals surface area contributed by atoms with Gasteiger partial charge in [0.25, 0.3) is 11.8 Å². The Kier molecular flexibility index (Phi) is 10.2. The molecule has 0 aliphatic carbocycles. The minimum atomic E-state index is -0.352. The van der Waals surface area contributed by atoms with Crippen LogP contribution >= 0.6 is 24.0 Å². The van der Waals surface area contributed by atoms with E-state index in [1.165, 1.54) is 0 Å². The molecule has 0 radical (unpaired) electrons. The van der Waals surface area contributed by atoms with Crippen LogP contribution in [0.5, 0.6) is 23.1 Å². The van der Waals surface area contributed by atoms with Crippen molar-refractivity contribution in [2.75, 3.05) is 63.1 Å². The lowest BCUT2D eigenvalue weighted by molar-refractivity contribution is 0.0193. The molecule has 9 rings (SSSR count). The molecule has 284 valence electrons. The van der Waals surface area contributed by atoms with Crippen LogP contribution in [0.1, 0.15) is 31.8 Å². The van der Waals surface area contributed by atoms with Crippen molar-refractivity contribution in [3.63, 3.8) is 0 Å². The first-order valence-electron chi connectivity index (χ1n) is 18.1. The predicted molar refractivity (Wildman–Crippen MR) is 210 cm³/mol. The van der Waals surface area contributed by atoms with Crippen LogP contribution in [-0.4, -0.2) is 90.2 Å². The zero-order valence-electron chi connectivity index (χ0n) is 29.8. The fraction of sp³-hybridized carbons (Fsp3) is 0.268. The Labute approximate surface area is 329 Å². The molecule has 1 atom stereocenters. The highest BCUT2D eigenvalue weighted by molar-refractivity contribution is 6.31. The number of anilines is 2. The van der Waals surface area contributed by atoms with Gasteiger partial charge >= 0.3 is 0 Å². The van der Waals surface area contributed by atoms with Gasteiger partial charge in [0.15, 0.2) is 11.5 Å². The topological polar surface area (TPSA) is 118 Å². The summed E-state index contributed by atoms with van der Waals surface area (Å²) in [6.45, 7) is 4.74. The van der Waals surface area contributed by atoms with Gasteiger partial charge in [0.1, 0.15) is 17.9 Å². The zero-order valence-corrected chi connectivity index (χ0v) is 31.4. The SMILES string of the molecule is Cl.O=C(c1cc(-c2cc3c(cc2C(=O)N2Cc4cccc(Cl)c4C[C@H]2CN2CCOCC2)OCO3)n2c1OCCN2)N(c1ccccc1)c1ccc(O)cc1. The minimum absolute atomic E-state index is 0. The molecule has 4 aromatic carbocycles. The van der Waals surface area contributed by atoms with E-state index in [-0.39, 0.29) is 48.4 Å². The molecule has 5 aromatic rings. The first-order chi connectivity index (χ1) is 26.4. The number of aromatic nitrogens is 1. The van der Waals surface area contributed by atoms with Crippen LogP contribution in [0, 0.1) is 0 Å². The standard InChI is InChI=1S/C41H38ClN5O7.ClH/c42-35-8-4-5-26-23-45(29(19-31(26)35)24-44-14-17-51-18-15-44)39(49)33-22-38-37(53-25-54-38)21-32(33)36-20-34(41-47(36)43-13-16-52-41)40(50)46(27-6-2-1-3-7-27)28-9-11-30(48)12-10-28;/h1-12,20-22,29,43,48H,13-19,23-25H2;1H/t29-;/m0./s1. The maximum Gasteiger partial charge on any atom is 0.268 e. The highest BCUT2D eigenvalue weighted by Crippen LogP contribution is 2.43. The maximum absolute atomic E-state index is 15.2. The summed E-state index contributed by atoms with van der Waals surface area (Å²) in [6.07, 6.45) is 0.610. The third-order valence-electron chi connectivity index (χ3n) is 10.4. The molecule has 4 aliphatic heterocycles. The Hall–Kier alpha value is -5.40. The number of rotatable bonds is 7. The monoisotopic (exact) mass is 783 g/mol. The van der Waals surface area contributed by atoms with Gasteiger partial charge in [-0.25, -0.2) is 4.68 Å². The van der Waals surface area contributed by atoms with Crippen molar-refractivity contribution >= 4 is 47.2 Å². The Morgan fingerprint density at radius 2 is 1.60 bits per heavy atom. The van der Waals surface area contributed by atoms with Gasteiger partial charge in [-0.15, -0.1) is 12.4 Å². The number of carbonyl (C=O) groups excluding carboxylic acids is 2. The summed E-state index contributed by atoms with van der Waals surface area (Å²) in [6, 6.07) is 26.8. The summed E-state index contributed by atoms with van der Waals surface area (Å²) in [5, 5.41) is 10.7. The molecular weight excluding hydrogens is 745 g/mol. The number of para-hydroxylation sites is 1. The van der Waals surface area contributed by atoms with Crippen LogP contribution in [0.25, 0.3) is 11.3 Å². The van der Waals surface area contributed by atoms with Gasteiger partial charge in [-0.3, -0.25) is 19.4 Å². The molecule has 14 heteroatoms. The highest BCUT2D eigenvalue weighted by atomic mass is 35.5. The summed E-state index contributed by atoms with van der Waals surface area (Å²) < 4.78 is 25.2. The van der Waals surface area contributed by atoms with E-state index in [4.69, 9.17) is 30.5 Å². The number of phenolic OH excluding ortho intramolecular Hbond substituents is 1. The van der Waals surface area contributed by atoms with Crippen LogP contribution < -0.4 is 24.5 Å². The van der Waals surface area contributed by atoms with E-state index in [2.05, 4.69) is 10.3 Å². The van der Waals surface area contributed by atoms with E-state index in [0.717, 1.165) is 24.2 Å². The maximum atomic E-state index is 15.2. The average molecular weight is 785 g/mol. The lowest BCUT2D eigenvalue weighted by atomic mass is 9.91. The smallest absolute Gasteiger partial charge is 0.268 e. The molecule has 5 heterocycles. The summed E-state index contributed by atoms with van der Waals surface area (Å²) >= 11 is 6.74. The number of phenols is 1. The van der Waals surface area contributed by atoms with Gasteiger partial charge in [-0.1, -0.05) is 41.9 Å². The molecule has 1 saturated heterocycles. The molecule has 2 N–H and O–H groups in total. The van der Waals surface area contributed by atoms with E-state index >= 15 is 4.79 Å². The normalized spacial score (nSPS) is 17.3. The zero-order chi connectivity index (χ0) is 36.8. The van der Waals surface area contributed by atoms with Gasteiger partial charge in [0.05, 0.1) is 31.0 Å². The number of halogens is 2. The number of aromatic hydroxyl groups is 1. The fourth-order valence-corrected chi connectivity index (χ4v) is 8.01. The second-order valence-electron chi connectivity index (χ2n) is 13.7. The van der Waals surface area contributed by atoms with Crippen molar-refractivity contribution < 1.29 is 33.6 Å². The molecule has 0 saturated carbocycles. The van der Waals surface area contributed by atoms with Crippen molar-refractivity contribution in [3.05, 3.63) is 118 Å². The molecule has 0 unspecified atom stereocenters. The molecule has 55 heavy (non-hydrogen) atoms. The average Bonchev–Trinajstić information content (AvgIpc) is 3.83. The van der Waals surface area contributed by atoms with Crippen molar-refractivity contribution in [2.24, 2.45) is 0 Å². The number of benzene rings is 4. The second-order valence-corrected chi connectivity index (χ2v) is 14.1. The molecule has 1 fully saturated rings. The third kappa shape index (κ3) is 6.91. The quantitative estimate of drug-likeness (QED) is 0.191. The van der Waals surface area contributed by atoms with Crippen molar-refractivity contribution in [3.8, 4) is 34.4 Å². The highest BCUT2D eigenvalue weighted by Gasteiger charge is 2.37. The molecule has 1 aromatic heterocycles. The van der Waals surface area contributed by atoms with Gasteiger partial charge in [0.2, 0.25) is 12.7 Å². The van der Waals surface area contributed by atoms with E-state index in [9.17, 15) is 9.90 Å². The van der Waals surface area contributed by atoms with E-state index in [0.29, 0.717) is 96.5 Å². The van der Waals surface area contributed by atoms with E-state index < -0.39 is 0 Å². The Bertz CT molecular complexity index is 2230. The van der Waals surface area contributed by atoms with Gasteiger partial charge in [-0.05, 0) is 78.2 Å². The number of fused-ring (bicyclic) bond motifs is 3. The lowest BCUT2D eigenvalue weighted by Crippen LogP contribution is -2.52. The van der Waals surface area contributed by atoms with Gasteiger partial charge < -0.3 is 34.4 Å². The Morgan fingerprint density at radius 3 is 2.38 bits per heavy atom. The van der Waals surface area contributed by atoms with E-state index in [1.54, 1.807) is 46.0 Å². The molecule has 2 amide bonds. The number of carbonyl (C=O) groups is 2. The minimum Gasteiger partial charge on any atom is -0.508 e. The summed E-state index contributed by atoms with van der Waals surface area (Å²) in [5.74, 6) is 0.848. The van der Waals surface area contributed by atoms with Crippen LogP contribution in [-0.2, 0) is 17.7 Å². The first kappa shape index (κ1) is 36.6. The van der Waals surface area contributed by atoms with Crippen molar-refractivity contribution in [1.82, 2.24) is 14.5 Å². The predicted octanol–water partition coefficient (Wildman–Crippen LogP) is 6.48. The number of morpholine rings is 1. The summed E-state index contributed by atoms with van der Waals surface area (Å²) in [7, 11) is 0. The van der Waals surface area contributed by atoms with Gasteiger partial charge in [-0.2, -0.15) is 0 Å². The molecule has 4 aliphatic rings. The van der Waals surface area contributed by atoms with Crippen LogP contribution in [0.3, 0.4) is 0 Å². The molecule has 12 nitrogen and oxygen atoms in total. The van der Waals surface area contributed by atoms with E-state index in [1.807, 2.05) is 59.5 Å². The number of hydrogen-bond donors (Lipinski definition) is 2. The number of nitrogens with one attached hydrogen (secondary N) is 1. The number of nitrogens with zero attached hydrogens (tertiary/aromatic N) is 4. The van der Waals surface area contributed by atoms with Crippen LogP contribution in [0.2, 0.25) is 5.02 Å². The summed E-state index contributed by atoms with van der Waals surface area (Å²) in [5.41, 5.74) is 8.45. The largest absolute Gasteiger partial charge is 0.508 e. The summed E-state index contributed by atoms with van der Waals surface area (Å²) in [4.78, 5) is 35.8. The van der Waals surface area contributed by atoms with Gasteiger partial charge in [0, 0.05) is 54.2 Å². The molecule has 0 spiro atoms. The Balaban J connectivity index is 0.00000427. The van der Waals surface area contributed by atoms with Crippen molar-refractivity contribution in [2.45, 2.75) is 19.0 Å². The number of amides is 2. The molecular formula is C41H39Cl2N5O7. The third-order valence-corrected chi connectivity index (χ3v) is 10.8. The molecule has 0 bridgehead atoms. The van der Waals surface area contributed by atoms with Crippen molar-refractivity contribution in [1.29, 1.82) is 0 Å². The number of hydrogen-bond acceptors (Lipinski definition) is 9. The Morgan fingerprint density at radius 1 is 0.855 bits per heavy atom. The van der Waals surface area contributed by atoms with Crippen LogP contribution in [0.15, 0.2) is 91.0 Å². The van der Waals surface area contributed by atoms with Crippen LogP contribution in [0.4, 0.5) is 11.4 Å². The first-order valence-corrected chi connectivity index (χ1v) is 18.4. The lowest BCUT2D eigenvalue weighted by Gasteiger charge is -2.41. The number of ether oxygens (including phenoxy) is 4. The fourth-order valence-electron chi connectivity index (χ4n) is 7.74. The second kappa shape index (κ2) is 15.4.